The van der Waals surface area contributed by atoms with Crippen LogP contribution in [0.2, 0.25) is 0 Å². The number of anilines is 1. The molecule has 0 fully saturated rings. The molecule has 0 aliphatic carbocycles. The SMILES string of the molecule is O=C(CCCN1C(=O)c2cccc([N+](=O)[O-])c2C1=O)Nc1nc2scc(-c3ccc(F)cc3)n2n1. The van der Waals surface area contributed by atoms with E-state index in [9.17, 15) is 28.9 Å². The predicted octanol–water partition coefficient (Wildman–Crippen LogP) is 3.52. The number of rotatable bonds is 7. The standard InChI is InChI=1S/C22H15FN6O5S/c23-13-8-6-12(7-9-13)16-11-35-22-25-21(26-28(16)22)24-17(30)5-2-10-27-19(31)14-3-1-4-15(29(33)34)18(14)20(27)32/h1,3-4,6-9,11H,2,5,10H2,(H,24,26,30). The van der Waals surface area contributed by atoms with E-state index in [2.05, 4.69) is 15.4 Å². The van der Waals surface area contributed by atoms with E-state index in [1.807, 2.05) is 5.38 Å². The van der Waals surface area contributed by atoms with E-state index < -0.39 is 28.3 Å². The molecule has 1 aliphatic rings. The molecule has 2 aromatic heterocycles. The van der Waals surface area contributed by atoms with Crippen LogP contribution < -0.4 is 5.32 Å². The molecule has 2 aromatic carbocycles. The molecule has 0 spiro atoms. The Bertz CT molecular complexity index is 1510. The molecule has 0 atom stereocenters. The summed E-state index contributed by atoms with van der Waals surface area (Å²) < 4.78 is 14.7. The molecular formula is C22H15FN6O5S. The van der Waals surface area contributed by atoms with Crippen molar-refractivity contribution in [1.82, 2.24) is 19.5 Å². The van der Waals surface area contributed by atoms with Crippen molar-refractivity contribution in [3.05, 3.63) is 74.9 Å². The van der Waals surface area contributed by atoms with Gasteiger partial charge in [-0.05, 0) is 36.8 Å². The summed E-state index contributed by atoms with van der Waals surface area (Å²) in [5.41, 5.74) is 0.755. The number of halogens is 1. The van der Waals surface area contributed by atoms with Crippen molar-refractivity contribution in [3.8, 4) is 11.3 Å². The first-order valence-corrected chi connectivity index (χ1v) is 11.2. The van der Waals surface area contributed by atoms with E-state index in [0.717, 1.165) is 10.5 Å². The molecule has 13 heteroatoms. The zero-order valence-corrected chi connectivity index (χ0v) is 18.6. The Kier molecular flexibility index (Phi) is 5.53. The molecule has 5 rings (SSSR count). The van der Waals surface area contributed by atoms with E-state index in [-0.39, 0.29) is 42.3 Å². The Balaban J connectivity index is 1.21. The van der Waals surface area contributed by atoms with Crippen molar-refractivity contribution in [1.29, 1.82) is 0 Å². The van der Waals surface area contributed by atoms with Crippen molar-refractivity contribution < 1.29 is 23.7 Å². The van der Waals surface area contributed by atoms with Crippen LogP contribution in [0, 0.1) is 15.9 Å². The van der Waals surface area contributed by atoms with Crippen LogP contribution in [0.4, 0.5) is 16.0 Å². The maximum absolute atomic E-state index is 13.2. The summed E-state index contributed by atoms with van der Waals surface area (Å²) in [4.78, 5) is 53.7. The number of nitrogens with zero attached hydrogens (tertiary/aromatic N) is 5. The highest BCUT2D eigenvalue weighted by Gasteiger charge is 2.40. The van der Waals surface area contributed by atoms with Crippen LogP contribution in [0.15, 0.2) is 47.8 Å². The topological polar surface area (TPSA) is 140 Å². The number of benzene rings is 2. The van der Waals surface area contributed by atoms with Gasteiger partial charge in [-0.3, -0.25) is 34.7 Å². The molecule has 35 heavy (non-hydrogen) atoms. The summed E-state index contributed by atoms with van der Waals surface area (Å²) in [6.45, 7) is -0.0721. The van der Waals surface area contributed by atoms with Crippen molar-refractivity contribution in [3.63, 3.8) is 0 Å². The first kappa shape index (κ1) is 22.3. The molecule has 0 radical (unpaired) electrons. The second-order valence-electron chi connectivity index (χ2n) is 7.63. The van der Waals surface area contributed by atoms with Crippen molar-refractivity contribution in [2.45, 2.75) is 12.8 Å². The quantitative estimate of drug-likeness (QED) is 0.235. The lowest BCUT2D eigenvalue weighted by molar-refractivity contribution is -0.385. The molecule has 0 saturated heterocycles. The summed E-state index contributed by atoms with van der Waals surface area (Å²) >= 11 is 1.31. The fourth-order valence-corrected chi connectivity index (χ4v) is 4.64. The number of fused-ring (bicyclic) bond motifs is 2. The highest BCUT2D eigenvalue weighted by Crippen LogP contribution is 2.31. The fourth-order valence-electron chi connectivity index (χ4n) is 3.81. The Morgan fingerprint density at radius 1 is 1.14 bits per heavy atom. The summed E-state index contributed by atoms with van der Waals surface area (Å²) in [5, 5.41) is 19.9. The van der Waals surface area contributed by atoms with Gasteiger partial charge in [0.05, 0.1) is 16.2 Å². The summed E-state index contributed by atoms with van der Waals surface area (Å²) in [6.07, 6.45) is 0.112. The third-order valence-electron chi connectivity index (χ3n) is 5.43. The Labute approximate surface area is 200 Å². The maximum atomic E-state index is 13.2. The van der Waals surface area contributed by atoms with Gasteiger partial charge >= 0.3 is 0 Å². The lowest BCUT2D eigenvalue weighted by Crippen LogP contribution is -2.31. The lowest BCUT2D eigenvalue weighted by atomic mass is 10.1. The Morgan fingerprint density at radius 2 is 1.91 bits per heavy atom. The highest BCUT2D eigenvalue weighted by atomic mass is 32.1. The molecule has 1 N–H and O–H groups in total. The van der Waals surface area contributed by atoms with Gasteiger partial charge in [0, 0.05) is 30.0 Å². The first-order chi connectivity index (χ1) is 16.8. The van der Waals surface area contributed by atoms with Gasteiger partial charge in [0.1, 0.15) is 11.4 Å². The summed E-state index contributed by atoms with van der Waals surface area (Å²) in [6, 6.07) is 9.80. The van der Waals surface area contributed by atoms with Crippen molar-refractivity contribution >= 4 is 45.7 Å². The number of nitro groups is 1. The van der Waals surface area contributed by atoms with Crippen LogP contribution in [-0.4, -0.2) is 48.7 Å². The van der Waals surface area contributed by atoms with Crippen LogP contribution in [-0.2, 0) is 4.79 Å². The van der Waals surface area contributed by atoms with Crippen LogP contribution in [0.5, 0.6) is 0 Å². The normalized spacial score (nSPS) is 12.9. The molecule has 176 valence electrons. The summed E-state index contributed by atoms with van der Waals surface area (Å²) in [5.74, 6) is -2.07. The molecule has 4 aromatic rings. The van der Waals surface area contributed by atoms with Crippen LogP contribution >= 0.6 is 11.3 Å². The average molecular weight is 494 g/mol. The van der Waals surface area contributed by atoms with E-state index >= 15 is 0 Å². The van der Waals surface area contributed by atoms with Gasteiger partial charge in [-0.25, -0.2) is 8.91 Å². The molecule has 0 bridgehead atoms. The largest absolute Gasteiger partial charge is 0.293 e. The third-order valence-corrected chi connectivity index (χ3v) is 6.25. The number of thiazole rings is 1. The molecule has 0 saturated carbocycles. The average Bonchev–Trinajstić information content (AvgIpc) is 3.47. The first-order valence-electron chi connectivity index (χ1n) is 10.4. The van der Waals surface area contributed by atoms with E-state index in [1.54, 1.807) is 16.6 Å². The van der Waals surface area contributed by atoms with Gasteiger partial charge in [-0.2, -0.15) is 4.98 Å². The van der Waals surface area contributed by atoms with Gasteiger partial charge in [0.15, 0.2) is 0 Å². The smallest absolute Gasteiger partial charge is 0.282 e. The number of aromatic nitrogens is 3. The number of hydrogen-bond donors (Lipinski definition) is 1. The molecule has 3 amide bonds. The van der Waals surface area contributed by atoms with Gasteiger partial charge in [-0.15, -0.1) is 16.4 Å². The van der Waals surface area contributed by atoms with E-state index in [4.69, 9.17) is 0 Å². The lowest BCUT2D eigenvalue weighted by Gasteiger charge is -2.13. The second-order valence-corrected chi connectivity index (χ2v) is 8.46. The van der Waals surface area contributed by atoms with Crippen molar-refractivity contribution in [2.24, 2.45) is 0 Å². The number of carbonyl (C=O) groups excluding carboxylic acids is 3. The summed E-state index contributed by atoms with van der Waals surface area (Å²) in [7, 11) is 0. The number of hydrogen-bond acceptors (Lipinski definition) is 8. The molecule has 11 nitrogen and oxygen atoms in total. The zero-order valence-electron chi connectivity index (χ0n) is 17.8. The number of nitrogens with one attached hydrogen (secondary N) is 1. The van der Waals surface area contributed by atoms with Crippen LogP contribution in [0.1, 0.15) is 33.6 Å². The van der Waals surface area contributed by atoms with Crippen LogP contribution in [0.3, 0.4) is 0 Å². The third kappa shape index (κ3) is 4.01. The molecule has 1 aliphatic heterocycles. The number of carbonyl (C=O) groups is 3. The van der Waals surface area contributed by atoms with E-state index in [0.29, 0.717) is 10.7 Å². The van der Waals surface area contributed by atoms with Crippen LogP contribution in [0.25, 0.3) is 16.2 Å². The predicted molar refractivity (Wildman–Crippen MR) is 123 cm³/mol. The minimum absolute atomic E-state index is 0.0205. The number of imide groups is 1. The monoisotopic (exact) mass is 494 g/mol. The molecular weight excluding hydrogens is 479 g/mol. The Morgan fingerprint density at radius 3 is 2.66 bits per heavy atom. The second kappa shape index (κ2) is 8.68. The van der Waals surface area contributed by atoms with Gasteiger partial charge in [0.2, 0.25) is 16.8 Å². The number of amides is 3. The van der Waals surface area contributed by atoms with Gasteiger partial charge < -0.3 is 0 Å². The van der Waals surface area contributed by atoms with Gasteiger partial charge in [-0.1, -0.05) is 6.07 Å². The molecule has 0 unspecified atom stereocenters. The maximum Gasteiger partial charge on any atom is 0.282 e. The Hall–Kier alpha value is -4.52. The van der Waals surface area contributed by atoms with Crippen molar-refractivity contribution in [2.75, 3.05) is 11.9 Å². The number of nitro benzene ring substituents is 1. The highest BCUT2D eigenvalue weighted by molar-refractivity contribution is 7.15. The van der Waals surface area contributed by atoms with E-state index in [1.165, 1.54) is 41.7 Å². The fraction of sp³-hybridized carbons (Fsp3) is 0.136. The minimum Gasteiger partial charge on any atom is -0.293 e. The van der Waals surface area contributed by atoms with Gasteiger partial charge in [0.25, 0.3) is 17.5 Å². The minimum atomic E-state index is -0.748. The zero-order chi connectivity index (χ0) is 24.7. The molecule has 3 heterocycles.